The van der Waals surface area contributed by atoms with Gasteiger partial charge >= 0.3 is 0 Å². The SMILES string of the molecule is O=C(Nc1ccccc1Br)c1sc2cccc(Cl)c2c1Cl. The van der Waals surface area contributed by atoms with Gasteiger partial charge in [-0.2, -0.15) is 0 Å². The molecule has 0 spiro atoms. The van der Waals surface area contributed by atoms with E-state index in [-0.39, 0.29) is 5.91 Å². The van der Waals surface area contributed by atoms with Crippen LogP contribution in [0.25, 0.3) is 10.1 Å². The van der Waals surface area contributed by atoms with Crippen LogP contribution in [0.1, 0.15) is 9.67 Å². The maximum absolute atomic E-state index is 12.4. The van der Waals surface area contributed by atoms with Gasteiger partial charge < -0.3 is 5.32 Å². The smallest absolute Gasteiger partial charge is 0.267 e. The van der Waals surface area contributed by atoms with E-state index in [4.69, 9.17) is 23.2 Å². The monoisotopic (exact) mass is 399 g/mol. The zero-order valence-electron chi connectivity index (χ0n) is 10.5. The number of anilines is 1. The summed E-state index contributed by atoms with van der Waals surface area (Å²) in [5.41, 5.74) is 0.696. The number of carbonyl (C=O) groups excluding carboxylic acids is 1. The van der Waals surface area contributed by atoms with Gasteiger partial charge in [-0.1, -0.05) is 41.4 Å². The van der Waals surface area contributed by atoms with E-state index in [9.17, 15) is 4.79 Å². The first-order chi connectivity index (χ1) is 10.1. The number of rotatable bonds is 2. The van der Waals surface area contributed by atoms with Gasteiger partial charge in [0.15, 0.2) is 0 Å². The van der Waals surface area contributed by atoms with E-state index in [1.54, 1.807) is 6.07 Å². The highest BCUT2D eigenvalue weighted by molar-refractivity contribution is 9.10. The van der Waals surface area contributed by atoms with E-state index in [2.05, 4.69) is 21.2 Å². The fourth-order valence-corrected chi connectivity index (χ4v) is 4.19. The topological polar surface area (TPSA) is 29.1 Å². The molecule has 2 aromatic carbocycles. The maximum atomic E-state index is 12.4. The molecule has 0 radical (unpaired) electrons. The van der Waals surface area contributed by atoms with E-state index in [1.807, 2.05) is 36.4 Å². The Hall–Kier alpha value is -1.07. The number of benzene rings is 2. The second kappa shape index (κ2) is 5.97. The Balaban J connectivity index is 2.01. The van der Waals surface area contributed by atoms with E-state index in [0.29, 0.717) is 20.6 Å². The largest absolute Gasteiger partial charge is 0.320 e. The average Bonchev–Trinajstić information content (AvgIpc) is 2.80. The Morgan fingerprint density at radius 3 is 2.57 bits per heavy atom. The number of nitrogens with one attached hydrogen (secondary N) is 1. The van der Waals surface area contributed by atoms with Crippen LogP contribution < -0.4 is 5.32 Å². The van der Waals surface area contributed by atoms with Crippen molar-refractivity contribution in [2.45, 2.75) is 0 Å². The summed E-state index contributed by atoms with van der Waals surface area (Å²) in [6, 6.07) is 12.9. The number of para-hydroxylation sites is 1. The van der Waals surface area contributed by atoms with Crippen molar-refractivity contribution < 1.29 is 4.79 Å². The normalized spacial score (nSPS) is 10.8. The minimum absolute atomic E-state index is 0.246. The first kappa shape index (κ1) is 14.9. The highest BCUT2D eigenvalue weighted by atomic mass is 79.9. The van der Waals surface area contributed by atoms with Crippen molar-refractivity contribution in [2.75, 3.05) is 5.32 Å². The third kappa shape index (κ3) is 2.81. The fraction of sp³-hybridized carbons (Fsp3) is 0. The van der Waals surface area contributed by atoms with Gasteiger partial charge in [-0.25, -0.2) is 0 Å². The lowest BCUT2D eigenvalue weighted by Crippen LogP contribution is -2.10. The standard InChI is InChI=1S/C15H8BrCl2NOS/c16-8-4-1-2-6-10(8)19-15(20)14-13(18)12-9(17)5-3-7-11(12)21-14/h1-7H,(H,19,20). The van der Waals surface area contributed by atoms with Crippen molar-refractivity contribution >= 4 is 72.1 Å². The van der Waals surface area contributed by atoms with Crippen LogP contribution in [0.2, 0.25) is 10.0 Å². The van der Waals surface area contributed by atoms with Gasteiger partial charge in [0.05, 0.1) is 15.7 Å². The Bertz CT molecular complexity index is 847. The number of amides is 1. The first-order valence-corrected chi connectivity index (χ1v) is 8.37. The molecule has 21 heavy (non-hydrogen) atoms. The molecule has 1 N–H and O–H groups in total. The average molecular weight is 401 g/mol. The lowest BCUT2D eigenvalue weighted by atomic mass is 10.2. The van der Waals surface area contributed by atoms with Crippen LogP contribution in [0.4, 0.5) is 5.69 Å². The third-order valence-electron chi connectivity index (χ3n) is 2.93. The zero-order valence-corrected chi connectivity index (χ0v) is 14.4. The molecule has 0 unspecified atom stereocenters. The third-order valence-corrected chi connectivity index (χ3v) is 5.58. The summed E-state index contributed by atoms with van der Waals surface area (Å²) in [7, 11) is 0. The van der Waals surface area contributed by atoms with Gasteiger partial charge in [-0.3, -0.25) is 4.79 Å². The summed E-state index contributed by atoms with van der Waals surface area (Å²) in [6.45, 7) is 0. The number of thiophene rings is 1. The van der Waals surface area contributed by atoms with Crippen LogP contribution in [0.5, 0.6) is 0 Å². The summed E-state index contributed by atoms with van der Waals surface area (Å²) in [5.74, 6) is -0.246. The zero-order chi connectivity index (χ0) is 15.0. The van der Waals surface area contributed by atoms with Crippen LogP contribution in [0.3, 0.4) is 0 Å². The molecule has 1 amide bonds. The molecule has 2 nitrogen and oxygen atoms in total. The van der Waals surface area contributed by atoms with Crippen molar-refractivity contribution in [3.63, 3.8) is 0 Å². The molecule has 1 aromatic heterocycles. The summed E-state index contributed by atoms with van der Waals surface area (Å²) in [4.78, 5) is 12.9. The summed E-state index contributed by atoms with van der Waals surface area (Å²) < 4.78 is 1.71. The van der Waals surface area contributed by atoms with Crippen molar-refractivity contribution in [3.05, 3.63) is 61.9 Å². The Kier molecular flexibility index (Phi) is 4.22. The maximum Gasteiger partial charge on any atom is 0.267 e. The summed E-state index contributed by atoms with van der Waals surface area (Å²) >= 11 is 17.2. The molecule has 0 fully saturated rings. The Morgan fingerprint density at radius 2 is 1.86 bits per heavy atom. The van der Waals surface area contributed by atoms with Crippen molar-refractivity contribution in [3.8, 4) is 0 Å². The predicted molar refractivity (Wildman–Crippen MR) is 93.9 cm³/mol. The number of halogens is 3. The van der Waals surface area contributed by atoms with E-state index >= 15 is 0 Å². The molecule has 0 atom stereocenters. The van der Waals surface area contributed by atoms with Gasteiger partial charge in [0.2, 0.25) is 0 Å². The molecular weight excluding hydrogens is 393 g/mol. The summed E-state index contributed by atoms with van der Waals surface area (Å²) in [5, 5.41) is 4.51. The molecular formula is C15H8BrCl2NOS. The van der Waals surface area contributed by atoms with E-state index in [0.717, 1.165) is 14.6 Å². The molecule has 3 aromatic rings. The van der Waals surface area contributed by atoms with Gasteiger partial charge in [-0.05, 0) is 40.2 Å². The van der Waals surface area contributed by atoms with E-state index in [1.165, 1.54) is 11.3 Å². The number of hydrogen-bond acceptors (Lipinski definition) is 2. The highest BCUT2D eigenvalue weighted by Gasteiger charge is 2.19. The second-order valence-corrected chi connectivity index (χ2v) is 6.98. The van der Waals surface area contributed by atoms with Crippen molar-refractivity contribution in [1.82, 2.24) is 0 Å². The first-order valence-electron chi connectivity index (χ1n) is 6.00. The second-order valence-electron chi connectivity index (χ2n) is 4.29. The van der Waals surface area contributed by atoms with Gasteiger partial charge in [0, 0.05) is 14.6 Å². The van der Waals surface area contributed by atoms with Crippen LogP contribution in [-0.2, 0) is 0 Å². The predicted octanol–water partition coefficient (Wildman–Crippen LogP) is 6.22. The van der Waals surface area contributed by atoms with Crippen LogP contribution in [-0.4, -0.2) is 5.91 Å². The molecule has 0 bridgehead atoms. The molecule has 6 heteroatoms. The molecule has 106 valence electrons. The van der Waals surface area contributed by atoms with E-state index < -0.39 is 0 Å². The number of fused-ring (bicyclic) bond motifs is 1. The van der Waals surface area contributed by atoms with Gasteiger partial charge in [0.1, 0.15) is 4.88 Å². The lowest BCUT2D eigenvalue weighted by molar-refractivity contribution is 0.103. The van der Waals surface area contributed by atoms with Crippen LogP contribution >= 0.6 is 50.5 Å². The summed E-state index contributed by atoms with van der Waals surface area (Å²) in [6.07, 6.45) is 0. The molecule has 0 aliphatic carbocycles. The quantitative estimate of drug-likeness (QED) is 0.543. The minimum Gasteiger partial charge on any atom is -0.320 e. The molecule has 0 saturated carbocycles. The Morgan fingerprint density at radius 1 is 1.10 bits per heavy atom. The number of hydrogen-bond donors (Lipinski definition) is 1. The molecule has 0 saturated heterocycles. The molecule has 3 rings (SSSR count). The van der Waals surface area contributed by atoms with Crippen molar-refractivity contribution in [1.29, 1.82) is 0 Å². The van der Waals surface area contributed by atoms with Gasteiger partial charge in [-0.15, -0.1) is 11.3 Å². The van der Waals surface area contributed by atoms with Crippen LogP contribution in [0.15, 0.2) is 46.9 Å². The number of carbonyl (C=O) groups is 1. The minimum atomic E-state index is -0.246. The lowest BCUT2D eigenvalue weighted by Gasteiger charge is -2.05. The van der Waals surface area contributed by atoms with Crippen LogP contribution in [0, 0.1) is 0 Å². The Labute approximate surface area is 143 Å². The molecule has 0 aliphatic rings. The highest BCUT2D eigenvalue weighted by Crippen LogP contribution is 2.39. The fourth-order valence-electron chi connectivity index (χ4n) is 1.96. The molecule has 1 heterocycles. The molecule has 0 aliphatic heterocycles. The van der Waals surface area contributed by atoms with Gasteiger partial charge in [0.25, 0.3) is 5.91 Å². The van der Waals surface area contributed by atoms with Crippen molar-refractivity contribution in [2.24, 2.45) is 0 Å².